The predicted molar refractivity (Wildman–Crippen MR) is 51.3 cm³/mol. The molecule has 0 unspecified atom stereocenters. The number of fused-ring (bicyclic) bond motifs is 3. The molecule has 0 bridgehead atoms. The SMILES string of the molecule is O=C1N=Nc2c3ccccc3nc(=O)n21. The maximum Gasteiger partial charge on any atom is 0.376 e. The van der Waals surface area contributed by atoms with Gasteiger partial charge in [-0.15, -0.1) is 5.11 Å². The molecule has 1 aliphatic rings. The number of nitrogens with zero attached hydrogens (tertiary/aromatic N) is 4. The fourth-order valence-electron chi connectivity index (χ4n) is 1.53. The molecule has 0 spiro atoms. The van der Waals surface area contributed by atoms with E-state index in [0.717, 1.165) is 4.57 Å². The number of amides is 1. The first-order valence-electron chi connectivity index (χ1n) is 4.25. The first-order chi connectivity index (χ1) is 7.27. The molecule has 0 saturated carbocycles. The Bertz CT molecular complexity index is 671. The average molecular weight is 200 g/mol. The molecule has 1 aromatic carbocycles. The van der Waals surface area contributed by atoms with E-state index in [9.17, 15) is 9.59 Å². The minimum atomic E-state index is -0.687. The summed E-state index contributed by atoms with van der Waals surface area (Å²) in [5.74, 6) is 0.260. The highest BCUT2D eigenvalue weighted by molar-refractivity contribution is 5.94. The van der Waals surface area contributed by atoms with E-state index in [2.05, 4.69) is 15.2 Å². The van der Waals surface area contributed by atoms with Crippen molar-refractivity contribution in [2.45, 2.75) is 0 Å². The topological polar surface area (TPSA) is 76.7 Å². The Hall–Kier alpha value is -2.37. The molecule has 1 amide bonds. The van der Waals surface area contributed by atoms with Crippen LogP contribution in [0.1, 0.15) is 0 Å². The summed E-state index contributed by atoms with van der Waals surface area (Å²) in [6.45, 7) is 0. The standard InChI is InChI=1S/C9H4N4O2/c14-8-10-6-4-2-1-3-5(6)7-11-12-9(15)13(7)8/h1-4H. The number of hydrogen-bond donors (Lipinski definition) is 0. The lowest BCUT2D eigenvalue weighted by Crippen LogP contribution is -2.24. The summed E-state index contributed by atoms with van der Waals surface area (Å²) in [6, 6.07) is 6.29. The van der Waals surface area contributed by atoms with Gasteiger partial charge in [0.05, 0.1) is 5.52 Å². The Labute approximate surface area is 82.9 Å². The Morgan fingerprint density at radius 1 is 1.07 bits per heavy atom. The van der Waals surface area contributed by atoms with Gasteiger partial charge < -0.3 is 0 Å². The molecule has 15 heavy (non-hydrogen) atoms. The van der Waals surface area contributed by atoms with Crippen molar-refractivity contribution in [1.29, 1.82) is 0 Å². The molecule has 6 heteroatoms. The van der Waals surface area contributed by atoms with Crippen LogP contribution < -0.4 is 5.69 Å². The van der Waals surface area contributed by atoms with E-state index in [1.807, 2.05) is 0 Å². The van der Waals surface area contributed by atoms with E-state index in [4.69, 9.17) is 0 Å². The van der Waals surface area contributed by atoms with Crippen molar-refractivity contribution in [2.24, 2.45) is 10.2 Å². The molecule has 0 aliphatic carbocycles. The van der Waals surface area contributed by atoms with E-state index >= 15 is 0 Å². The summed E-state index contributed by atoms with van der Waals surface area (Å²) in [6.07, 6.45) is 0. The van der Waals surface area contributed by atoms with Gasteiger partial charge in [-0.05, 0) is 12.1 Å². The lowest BCUT2D eigenvalue weighted by atomic mass is 10.2. The number of carbonyl (C=O) groups is 1. The maximum atomic E-state index is 11.4. The fraction of sp³-hybridized carbons (Fsp3) is 0. The van der Waals surface area contributed by atoms with Crippen LogP contribution in [0, 0.1) is 0 Å². The molecule has 2 heterocycles. The second-order valence-corrected chi connectivity index (χ2v) is 3.05. The highest BCUT2D eigenvalue weighted by atomic mass is 16.2. The molecule has 0 atom stereocenters. The Balaban J connectivity index is 2.59. The molecule has 6 nitrogen and oxygen atoms in total. The minimum absolute atomic E-state index is 0.260. The Morgan fingerprint density at radius 3 is 2.73 bits per heavy atom. The first-order valence-corrected chi connectivity index (χ1v) is 4.25. The molecule has 72 valence electrons. The van der Waals surface area contributed by atoms with Crippen LogP contribution in [0.3, 0.4) is 0 Å². The number of aromatic nitrogens is 2. The van der Waals surface area contributed by atoms with Gasteiger partial charge in [0.25, 0.3) is 0 Å². The van der Waals surface area contributed by atoms with Crippen LogP contribution in [0.2, 0.25) is 0 Å². The summed E-state index contributed by atoms with van der Waals surface area (Å²) in [4.78, 5) is 26.4. The zero-order chi connectivity index (χ0) is 10.4. The second kappa shape index (κ2) is 2.57. The summed E-state index contributed by atoms with van der Waals surface area (Å²) in [5, 5.41) is 7.64. The van der Waals surface area contributed by atoms with Crippen molar-refractivity contribution in [3.8, 4) is 0 Å². The smallest absolute Gasteiger partial charge is 0.245 e. The van der Waals surface area contributed by atoms with Gasteiger partial charge in [0, 0.05) is 5.39 Å². The number of para-hydroxylation sites is 1. The van der Waals surface area contributed by atoms with Crippen molar-refractivity contribution >= 4 is 22.8 Å². The van der Waals surface area contributed by atoms with E-state index in [1.165, 1.54) is 0 Å². The van der Waals surface area contributed by atoms with Gasteiger partial charge in [-0.25, -0.2) is 9.59 Å². The van der Waals surface area contributed by atoms with E-state index in [0.29, 0.717) is 10.9 Å². The number of hydrogen-bond acceptors (Lipinski definition) is 4. The van der Waals surface area contributed by atoms with Crippen molar-refractivity contribution in [3.05, 3.63) is 34.7 Å². The van der Waals surface area contributed by atoms with Crippen LogP contribution >= 0.6 is 0 Å². The van der Waals surface area contributed by atoms with Crippen molar-refractivity contribution in [3.63, 3.8) is 0 Å². The van der Waals surface area contributed by atoms with Crippen molar-refractivity contribution < 1.29 is 4.79 Å². The largest absolute Gasteiger partial charge is 0.376 e. The molecule has 0 saturated heterocycles. The lowest BCUT2D eigenvalue weighted by Gasteiger charge is -2.00. The lowest BCUT2D eigenvalue weighted by molar-refractivity contribution is 0.251. The third-order valence-corrected chi connectivity index (χ3v) is 2.19. The summed E-state index contributed by atoms with van der Waals surface area (Å²) in [5.41, 5.74) is -0.124. The zero-order valence-corrected chi connectivity index (χ0v) is 7.41. The summed E-state index contributed by atoms with van der Waals surface area (Å²) in [7, 11) is 0. The highest BCUT2D eigenvalue weighted by Crippen LogP contribution is 2.26. The molecule has 0 radical (unpaired) electrons. The number of rotatable bonds is 0. The monoisotopic (exact) mass is 200 g/mol. The molecular weight excluding hydrogens is 196 g/mol. The van der Waals surface area contributed by atoms with Gasteiger partial charge in [-0.1, -0.05) is 17.2 Å². The molecule has 1 aromatic heterocycles. The predicted octanol–water partition coefficient (Wildman–Crippen LogP) is 1.46. The van der Waals surface area contributed by atoms with Crippen molar-refractivity contribution in [2.75, 3.05) is 0 Å². The van der Waals surface area contributed by atoms with Gasteiger partial charge >= 0.3 is 11.7 Å². The molecule has 1 aliphatic heterocycles. The number of benzene rings is 1. The fourth-order valence-corrected chi connectivity index (χ4v) is 1.53. The third kappa shape index (κ3) is 0.954. The number of azo groups is 1. The van der Waals surface area contributed by atoms with Crippen LogP contribution in [0.25, 0.3) is 10.9 Å². The summed E-state index contributed by atoms with van der Waals surface area (Å²) >= 11 is 0. The van der Waals surface area contributed by atoms with Gasteiger partial charge in [-0.2, -0.15) is 9.55 Å². The highest BCUT2D eigenvalue weighted by Gasteiger charge is 2.21. The van der Waals surface area contributed by atoms with E-state index in [-0.39, 0.29) is 5.82 Å². The molecule has 0 fully saturated rings. The minimum Gasteiger partial charge on any atom is -0.245 e. The van der Waals surface area contributed by atoms with Crippen LogP contribution in [-0.4, -0.2) is 15.6 Å². The van der Waals surface area contributed by atoms with Crippen LogP contribution in [0.5, 0.6) is 0 Å². The summed E-state index contributed by atoms with van der Waals surface area (Å²) < 4.78 is 0.863. The normalized spacial score (nSPS) is 13.5. The molecular formula is C9H4N4O2. The first kappa shape index (κ1) is 7.98. The van der Waals surface area contributed by atoms with Crippen LogP contribution in [0.15, 0.2) is 39.3 Å². The third-order valence-electron chi connectivity index (χ3n) is 2.19. The molecule has 2 aromatic rings. The average Bonchev–Trinajstić information content (AvgIpc) is 2.62. The van der Waals surface area contributed by atoms with Gasteiger partial charge in [-0.3, -0.25) is 0 Å². The Kier molecular flexibility index (Phi) is 1.37. The van der Waals surface area contributed by atoms with Gasteiger partial charge in [0.2, 0.25) is 0 Å². The molecule has 0 N–H and O–H groups in total. The van der Waals surface area contributed by atoms with E-state index in [1.54, 1.807) is 24.3 Å². The maximum absolute atomic E-state index is 11.4. The second-order valence-electron chi connectivity index (χ2n) is 3.05. The van der Waals surface area contributed by atoms with Gasteiger partial charge in [0.1, 0.15) is 0 Å². The quantitative estimate of drug-likeness (QED) is 0.645. The van der Waals surface area contributed by atoms with E-state index < -0.39 is 11.7 Å². The van der Waals surface area contributed by atoms with Gasteiger partial charge in [0.15, 0.2) is 5.82 Å². The van der Waals surface area contributed by atoms with Crippen LogP contribution in [0.4, 0.5) is 10.6 Å². The van der Waals surface area contributed by atoms with Crippen LogP contribution in [-0.2, 0) is 0 Å². The number of carbonyl (C=O) groups excluding carboxylic acids is 1. The van der Waals surface area contributed by atoms with Crippen molar-refractivity contribution in [1.82, 2.24) is 9.55 Å². The Morgan fingerprint density at radius 2 is 1.87 bits per heavy atom. The zero-order valence-electron chi connectivity index (χ0n) is 7.41. The molecule has 3 rings (SSSR count).